The molecule has 0 aliphatic carbocycles. The molecular formula is C23H32N4O4. The maximum Gasteiger partial charge on any atom is 0.260 e. The fraction of sp³-hybridized carbons (Fsp3) is 0.609. The molecule has 8 nitrogen and oxygen atoms in total. The van der Waals surface area contributed by atoms with E-state index < -0.39 is 0 Å². The standard InChI is InChI=1S/C23H32N4O4/c1-18-24-25-22(31-18)20-15-26(11-6-14-29-2)17-23(20)9-12-27(13-10-23)21(28)16-30-19-7-4-3-5-8-19/h3-5,7-8,20H,6,9-17H2,1-2H3. The van der Waals surface area contributed by atoms with E-state index in [1.54, 1.807) is 7.11 Å². The molecule has 2 aliphatic rings. The van der Waals surface area contributed by atoms with Crippen LogP contribution in [-0.4, -0.2) is 79.0 Å². The molecule has 1 atom stereocenters. The third-order valence-electron chi connectivity index (χ3n) is 6.60. The molecule has 3 heterocycles. The molecule has 2 aliphatic heterocycles. The van der Waals surface area contributed by atoms with Gasteiger partial charge < -0.3 is 23.7 Å². The van der Waals surface area contributed by atoms with Crippen molar-refractivity contribution in [2.24, 2.45) is 5.41 Å². The Morgan fingerprint density at radius 3 is 2.68 bits per heavy atom. The van der Waals surface area contributed by atoms with Crippen molar-refractivity contribution in [3.05, 3.63) is 42.1 Å². The second-order valence-corrected chi connectivity index (χ2v) is 8.64. The van der Waals surface area contributed by atoms with E-state index in [0.29, 0.717) is 5.89 Å². The van der Waals surface area contributed by atoms with E-state index in [9.17, 15) is 4.79 Å². The highest BCUT2D eigenvalue weighted by Crippen LogP contribution is 2.49. The first-order valence-electron chi connectivity index (χ1n) is 11.1. The summed E-state index contributed by atoms with van der Waals surface area (Å²) < 4.78 is 16.7. The van der Waals surface area contributed by atoms with E-state index in [2.05, 4.69) is 15.1 Å². The zero-order chi connectivity index (χ0) is 21.7. The molecular weight excluding hydrogens is 396 g/mol. The average molecular weight is 429 g/mol. The van der Waals surface area contributed by atoms with Crippen molar-refractivity contribution in [2.75, 3.05) is 53.0 Å². The normalized spacial score (nSPS) is 21.0. The Morgan fingerprint density at radius 2 is 2.00 bits per heavy atom. The number of aromatic nitrogens is 2. The molecule has 0 bridgehead atoms. The zero-order valence-electron chi connectivity index (χ0n) is 18.5. The summed E-state index contributed by atoms with van der Waals surface area (Å²) in [6.07, 6.45) is 2.86. The van der Waals surface area contributed by atoms with Gasteiger partial charge in [-0.2, -0.15) is 0 Å². The van der Waals surface area contributed by atoms with Gasteiger partial charge in [0.05, 0.1) is 5.92 Å². The summed E-state index contributed by atoms with van der Waals surface area (Å²) in [6.45, 7) is 7.03. The minimum absolute atomic E-state index is 0.0406. The van der Waals surface area contributed by atoms with E-state index in [1.165, 1.54) is 0 Å². The summed E-state index contributed by atoms with van der Waals surface area (Å²) in [4.78, 5) is 17.1. The van der Waals surface area contributed by atoms with Crippen LogP contribution in [0.3, 0.4) is 0 Å². The SMILES string of the molecule is COCCCN1CC(c2nnc(C)o2)C2(CCN(C(=O)COc3ccccc3)CC2)C1. The van der Waals surface area contributed by atoms with E-state index in [4.69, 9.17) is 13.9 Å². The third kappa shape index (κ3) is 5.07. The van der Waals surface area contributed by atoms with E-state index >= 15 is 0 Å². The maximum absolute atomic E-state index is 12.7. The minimum Gasteiger partial charge on any atom is -0.484 e. The van der Waals surface area contributed by atoms with Gasteiger partial charge in [0, 0.05) is 53.4 Å². The molecule has 0 radical (unpaired) electrons. The molecule has 1 aromatic carbocycles. The number of hydrogen-bond donors (Lipinski definition) is 0. The number of carbonyl (C=O) groups excluding carboxylic acids is 1. The van der Waals surface area contributed by atoms with Gasteiger partial charge in [-0.05, 0) is 36.8 Å². The molecule has 0 N–H and O–H groups in total. The number of para-hydroxylation sites is 1. The summed E-state index contributed by atoms with van der Waals surface area (Å²) in [5, 5.41) is 8.43. The van der Waals surface area contributed by atoms with Gasteiger partial charge in [-0.15, -0.1) is 10.2 Å². The molecule has 1 spiro atoms. The van der Waals surface area contributed by atoms with Crippen LogP contribution in [0.1, 0.15) is 37.0 Å². The number of nitrogens with zero attached hydrogens (tertiary/aromatic N) is 4. The van der Waals surface area contributed by atoms with Crippen molar-refractivity contribution in [3.8, 4) is 5.75 Å². The first kappa shape index (κ1) is 21.8. The zero-order valence-corrected chi connectivity index (χ0v) is 18.5. The predicted molar refractivity (Wildman–Crippen MR) is 115 cm³/mol. The van der Waals surface area contributed by atoms with Crippen LogP contribution in [0.4, 0.5) is 0 Å². The number of hydrogen-bond acceptors (Lipinski definition) is 7. The lowest BCUT2D eigenvalue weighted by atomic mass is 9.70. The Kier molecular flexibility index (Phi) is 6.87. The molecule has 2 fully saturated rings. The monoisotopic (exact) mass is 428 g/mol. The second-order valence-electron chi connectivity index (χ2n) is 8.64. The van der Waals surface area contributed by atoms with Crippen molar-refractivity contribution < 1.29 is 18.7 Å². The van der Waals surface area contributed by atoms with Crippen molar-refractivity contribution in [2.45, 2.75) is 32.1 Å². The lowest BCUT2D eigenvalue weighted by molar-refractivity contribution is -0.135. The number of piperidine rings is 1. The molecule has 31 heavy (non-hydrogen) atoms. The molecule has 0 saturated carbocycles. The van der Waals surface area contributed by atoms with Crippen LogP contribution in [0.2, 0.25) is 0 Å². The van der Waals surface area contributed by atoms with Crippen LogP contribution in [-0.2, 0) is 9.53 Å². The van der Waals surface area contributed by atoms with Crippen LogP contribution in [0.5, 0.6) is 5.75 Å². The highest BCUT2D eigenvalue weighted by atomic mass is 16.5. The first-order chi connectivity index (χ1) is 15.1. The molecule has 1 unspecified atom stereocenters. The lowest BCUT2D eigenvalue weighted by Gasteiger charge is -2.41. The van der Waals surface area contributed by atoms with Crippen LogP contribution in [0.15, 0.2) is 34.7 Å². The number of benzene rings is 1. The summed E-state index contributed by atoms with van der Waals surface area (Å²) in [5.41, 5.74) is 0.0586. The minimum atomic E-state index is 0.0406. The predicted octanol–water partition coefficient (Wildman–Crippen LogP) is 2.50. The number of carbonyl (C=O) groups is 1. The Hall–Kier alpha value is -2.45. The third-order valence-corrected chi connectivity index (χ3v) is 6.60. The first-order valence-corrected chi connectivity index (χ1v) is 11.1. The number of methoxy groups -OCH3 is 1. The van der Waals surface area contributed by atoms with Crippen molar-refractivity contribution in [3.63, 3.8) is 0 Å². The quantitative estimate of drug-likeness (QED) is 0.598. The Bertz CT molecular complexity index is 848. The second kappa shape index (κ2) is 9.78. The molecule has 2 saturated heterocycles. The highest BCUT2D eigenvalue weighted by Gasteiger charge is 2.51. The Balaban J connectivity index is 1.38. The molecule has 8 heteroatoms. The molecule has 4 rings (SSSR count). The Labute approximate surface area is 183 Å². The van der Waals surface area contributed by atoms with Crippen LogP contribution >= 0.6 is 0 Å². The number of aryl methyl sites for hydroxylation is 1. The van der Waals surface area contributed by atoms with E-state index in [-0.39, 0.29) is 23.8 Å². The largest absolute Gasteiger partial charge is 0.484 e. The van der Waals surface area contributed by atoms with Crippen LogP contribution < -0.4 is 4.74 Å². The molecule has 1 aromatic heterocycles. The van der Waals surface area contributed by atoms with Crippen LogP contribution in [0.25, 0.3) is 0 Å². The topological polar surface area (TPSA) is 80.9 Å². The van der Waals surface area contributed by atoms with Gasteiger partial charge in [0.15, 0.2) is 6.61 Å². The molecule has 1 amide bonds. The smallest absolute Gasteiger partial charge is 0.260 e. The van der Waals surface area contributed by atoms with Crippen molar-refractivity contribution >= 4 is 5.91 Å². The lowest BCUT2D eigenvalue weighted by Crippen LogP contribution is -2.47. The summed E-state index contributed by atoms with van der Waals surface area (Å²) in [7, 11) is 1.74. The average Bonchev–Trinajstić information content (AvgIpc) is 3.37. The van der Waals surface area contributed by atoms with Crippen LogP contribution in [0, 0.1) is 12.3 Å². The number of rotatable bonds is 8. The van der Waals surface area contributed by atoms with Gasteiger partial charge >= 0.3 is 0 Å². The highest BCUT2D eigenvalue weighted by molar-refractivity contribution is 5.77. The molecule has 2 aromatic rings. The van der Waals surface area contributed by atoms with Gasteiger partial charge in [-0.1, -0.05) is 18.2 Å². The van der Waals surface area contributed by atoms with Gasteiger partial charge in [-0.25, -0.2) is 0 Å². The molecule has 168 valence electrons. The van der Waals surface area contributed by atoms with Gasteiger partial charge in [-0.3, -0.25) is 4.79 Å². The van der Waals surface area contributed by atoms with Crippen molar-refractivity contribution in [1.82, 2.24) is 20.0 Å². The fourth-order valence-corrected chi connectivity index (χ4v) is 4.93. The van der Waals surface area contributed by atoms with E-state index in [1.807, 2.05) is 42.2 Å². The van der Waals surface area contributed by atoms with E-state index in [0.717, 1.165) is 70.2 Å². The van der Waals surface area contributed by atoms with Gasteiger partial charge in [0.2, 0.25) is 11.8 Å². The van der Waals surface area contributed by atoms with Gasteiger partial charge in [0.25, 0.3) is 5.91 Å². The van der Waals surface area contributed by atoms with Crippen molar-refractivity contribution in [1.29, 1.82) is 0 Å². The van der Waals surface area contributed by atoms with Gasteiger partial charge in [0.1, 0.15) is 5.75 Å². The number of likely N-dealkylation sites (tertiary alicyclic amines) is 2. The number of amides is 1. The summed E-state index contributed by atoms with van der Waals surface area (Å²) in [6, 6.07) is 9.48. The maximum atomic E-state index is 12.7. The Morgan fingerprint density at radius 1 is 1.23 bits per heavy atom. The summed E-state index contributed by atoms with van der Waals surface area (Å²) >= 11 is 0. The number of ether oxygens (including phenoxy) is 2. The fourth-order valence-electron chi connectivity index (χ4n) is 4.93. The summed E-state index contributed by atoms with van der Waals surface area (Å²) in [5.74, 6) is 2.30.